The quantitative estimate of drug-likeness (QED) is 0.782. The Balaban J connectivity index is 1.66. The van der Waals surface area contributed by atoms with Crippen LogP contribution in [-0.4, -0.2) is 46.6 Å². The zero-order valence-electron chi connectivity index (χ0n) is 11.2. The van der Waals surface area contributed by atoms with Gasteiger partial charge in [0.25, 0.3) is 0 Å². The Morgan fingerprint density at radius 1 is 1.11 bits per heavy atom. The SMILES string of the molecule is O=C(O)[C@@H]1CCCN1C(=O)C1CC2CCCCC2N1. The van der Waals surface area contributed by atoms with Crippen molar-refractivity contribution in [3.05, 3.63) is 0 Å². The molecule has 5 nitrogen and oxygen atoms in total. The fourth-order valence-corrected chi connectivity index (χ4v) is 4.00. The number of hydrogen-bond donors (Lipinski definition) is 2. The summed E-state index contributed by atoms with van der Waals surface area (Å²) in [5.74, 6) is -0.228. The number of hydrogen-bond acceptors (Lipinski definition) is 3. The molecule has 0 aromatic rings. The largest absolute Gasteiger partial charge is 0.480 e. The Kier molecular flexibility index (Phi) is 3.48. The number of fused-ring (bicyclic) bond motifs is 1. The molecular formula is C14H22N2O3. The molecule has 5 heteroatoms. The first-order valence-electron chi connectivity index (χ1n) is 7.46. The standard InChI is InChI=1S/C14H22N2O3/c17-13(16-7-3-6-12(16)14(18)19)11-8-9-4-1-2-5-10(9)15-11/h9-12,15H,1-8H2,(H,18,19)/t9?,10?,11?,12-/m0/s1. The number of likely N-dealkylation sites (tertiary alicyclic amines) is 1. The molecule has 19 heavy (non-hydrogen) atoms. The number of carbonyl (C=O) groups is 2. The lowest BCUT2D eigenvalue weighted by Gasteiger charge is -2.25. The summed E-state index contributed by atoms with van der Waals surface area (Å²) in [6.07, 6.45) is 7.19. The molecule has 2 N–H and O–H groups in total. The number of carboxylic acid groups (broad SMARTS) is 1. The van der Waals surface area contributed by atoms with Gasteiger partial charge in [0.1, 0.15) is 6.04 Å². The fourth-order valence-electron chi connectivity index (χ4n) is 4.00. The third-order valence-corrected chi connectivity index (χ3v) is 4.98. The zero-order valence-corrected chi connectivity index (χ0v) is 11.2. The van der Waals surface area contributed by atoms with E-state index in [9.17, 15) is 9.59 Å². The van der Waals surface area contributed by atoms with Crippen LogP contribution in [0.5, 0.6) is 0 Å². The minimum atomic E-state index is -0.860. The Morgan fingerprint density at radius 2 is 1.89 bits per heavy atom. The van der Waals surface area contributed by atoms with Gasteiger partial charge in [0.05, 0.1) is 6.04 Å². The lowest BCUT2D eigenvalue weighted by Crippen LogP contribution is -2.49. The average Bonchev–Trinajstić information content (AvgIpc) is 3.04. The second-order valence-corrected chi connectivity index (χ2v) is 6.13. The molecule has 3 unspecified atom stereocenters. The first-order chi connectivity index (χ1) is 9.16. The summed E-state index contributed by atoms with van der Waals surface area (Å²) in [5, 5.41) is 12.6. The maximum Gasteiger partial charge on any atom is 0.326 e. The molecule has 1 amide bonds. The summed E-state index contributed by atoms with van der Waals surface area (Å²) >= 11 is 0. The normalized spacial score (nSPS) is 38.2. The van der Waals surface area contributed by atoms with Gasteiger partial charge in [-0.25, -0.2) is 4.79 Å². The van der Waals surface area contributed by atoms with E-state index in [-0.39, 0.29) is 11.9 Å². The predicted octanol–water partition coefficient (Wildman–Crippen LogP) is 0.983. The molecule has 2 saturated heterocycles. The highest BCUT2D eigenvalue weighted by Gasteiger charge is 2.43. The molecule has 3 rings (SSSR count). The summed E-state index contributed by atoms with van der Waals surface area (Å²) in [4.78, 5) is 25.3. The number of aliphatic carboxylic acids is 1. The molecular weight excluding hydrogens is 244 g/mol. The van der Waals surface area contributed by atoms with Crippen molar-refractivity contribution >= 4 is 11.9 Å². The van der Waals surface area contributed by atoms with Crippen molar-refractivity contribution in [1.82, 2.24) is 10.2 Å². The first kappa shape index (κ1) is 12.9. The highest BCUT2D eigenvalue weighted by molar-refractivity contribution is 5.87. The minimum absolute atomic E-state index is 0.0132. The number of nitrogens with zero attached hydrogens (tertiary/aromatic N) is 1. The second-order valence-electron chi connectivity index (χ2n) is 6.13. The van der Waals surface area contributed by atoms with Crippen LogP contribution in [0.3, 0.4) is 0 Å². The summed E-state index contributed by atoms with van der Waals surface area (Å²) in [6.45, 7) is 0.601. The van der Waals surface area contributed by atoms with E-state index in [4.69, 9.17) is 5.11 Å². The number of rotatable bonds is 2. The van der Waals surface area contributed by atoms with Gasteiger partial charge in [0, 0.05) is 12.6 Å². The monoisotopic (exact) mass is 266 g/mol. The molecule has 2 heterocycles. The van der Waals surface area contributed by atoms with E-state index < -0.39 is 12.0 Å². The third kappa shape index (κ3) is 2.36. The van der Waals surface area contributed by atoms with Crippen LogP contribution < -0.4 is 5.32 Å². The first-order valence-corrected chi connectivity index (χ1v) is 7.46. The minimum Gasteiger partial charge on any atom is -0.480 e. The number of carboxylic acids is 1. The number of carbonyl (C=O) groups excluding carboxylic acids is 1. The van der Waals surface area contributed by atoms with Gasteiger partial charge in [-0.2, -0.15) is 0 Å². The molecule has 3 fully saturated rings. The summed E-state index contributed by atoms with van der Waals surface area (Å²) in [7, 11) is 0. The van der Waals surface area contributed by atoms with Crippen LogP contribution in [0.25, 0.3) is 0 Å². The van der Waals surface area contributed by atoms with Crippen LogP contribution in [0.2, 0.25) is 0 Å². The third-order valence-electron chi connectivity index (χ3n) is 4.98. The molecule has 2 aliphatic heterocycles. The van der Waals surface area contributed by atoms with Crippen LogP contribution in [0.1, 0.15) is 44.9 Å². The van der Waals surface area contributed by atoms with Gasteiger partial charge in [-0.1, -0.05) is 12.8 Å². The fraction of sp³-hybridized carbons (Fsp3) is 0.857. The molecule has 0 spiro atoms. The van der Waals surface area contributed by atoms with E-state index in [1.807, 2.05) is 0 Å². The molecule has 0 radical (unpaired) electrons. The number of nitrogens with one attached hydrogen (secondary N) is 1. The summed E-state index contributed by atoms with van der Waals surface area (Å²) < 4.78 is 0. The van der Waals surface area contributed by atoms with Gasteiger partial charge in [-0.15, -0.1) is 0 Å². The molecule has 0 aromatic carbocycles. The van der Waals surface area contributed by atoms with Crippen LogP contribution >= 0.6 is 0 Å². The lowest BCUT2D eigenvalue weighted by atomic mass is 9.85. The molecule has 1 aliphatic carbocycles. The Hall–Kier alpha value is -1.10. The Morgan fingerprint density at radius 3 is 2.63 bits per heavy atom. The second kappa shape index (κ2) is 5.12. The topological polar surface area (TPSA) is 69.6 Å². The van der Waals surface area contributed by atoms with E-state index in [1.54, 1.807) is 4.90 Å². The molecule has 0 bridgehead atoms. The average molecular weight is 266 g/mol. The van der Waals surface area contributed by atoms with Gasteiger partial charge < -0.3 is 15.3 Å². The molecule has 106 valence electrons. The van der Waals surface area contributed by atoms with Crippen molar-refractivity contribution in [2.45, 2.75) is 63.1 Å². The molecule has 0 aromatic heterocycles. The highest BCUT2D eigenvalue weighted by Crippen LogP contribution is 2.34. The highest BCUT2D eigenvalue weighted by atomic mass is 16.4. The van der Waals surface area contributed by atoms with Gasteiger partial charge in [-0.3, -0.25) is 4.79 Å². The maximum atomic E-state index is 12.5. The smallest absolute Gasteiger partial charge is 0.326 e. The van der Waals surface area contributed by atoms with Crippen LogP contribution in [-0.2, 0) is 9.59 Å². The van der Waals surface area contributed by atoms with Gasteiger partial charge >= 0.3 is 5.97 Å². The van der Waals surface area contributed by atoms with Crippen molar-refractivity contribution in [2.24, 2.45) is 5.92 Å². The summed E-state index contributed by atoms with van der Waals surface area (Å²) in [6, 6.07) is -0.265. The predicted molar refractivity (Wildman–Crippen MR) is 69.7 cm³/mol. The van der Waals surface area contributed by atoms with E-state index in [0.29, 0.717) is 24.9 Å². The molecule has 4 atom stereocenters. The van der Waals surface area contributed by atoms with Crippen molar-refractivity contribution < 1.29 is 14.7 Å². The van der Waals surface area contributed by atoms with Crippen molar-refractivity contribution in [3.8, 4) is 0 Å². The van der Waals surface area contributed by atoms with E-state index in [1.165, 1.54) is 19.3 Å². The molecule has 1 saturated carbocycles. The van der Waals surface area contributed by atoms with Crippen molar-refractivity contribution in [3.63, 3.8) is 0 Å². The van der Waals surface area contributed by atoms with E-state index >= 15 is 0 Å². The molecule has 3 aliphatic rings. The Bertz CT molecular complexity index is 371. The van der Waals surface area contributed by atoms with Gasteiger partial charge in [0.15, 0.2) is 0 Å². The number of amides is 1. The van der Waals surface area contributed by atoms with E-state index in [0.717, 1.165) is 19.3 Å². The Labute approximate surface area is 113 Å². The maximum absolute atomic E-state index is 12.5. The summed E-state index contributed by atoms with van der Waals surface area (Å²) in [5.41, 5.74) is 0. The zero-order chi connectivity index (χ0) is 13.4. The lowest BCUT2D eigenvalue weighted by molar-refractivity contribution is -0.148. The van der Waals surface area contributed by atoms with Gasteiger partial charge in [-0.05, 0) is 38.0 Å². The van der Waals surface area contributed by atoms with Crippen molar-refractivity contribution in [1.29, 1.82) is 0 Å². The van der Waals surface area contributed by atoms with Crippen molar-refractivity contribution in [2.75, 3.05) is 6.54 Å². The van der Waals surface area contributed by atoms with Crippen LogP contribution in [0.4, 0.5) is 0 Å². The van der Waals surface area contributed by atoms with E-state index in [2.05, 4.69) is 5.32 Å². The van der Waals surface area contributed by atoms with Gasteiger partial charge in [0.2, 0.25) is 5.91 Å². The van der Waals surface area contributed by atoms with Crippen LogP contribution in [0, 0.1) is 5.92 Å². The van der Waals surface area contributed by atoms with Crippen LogP contribution in [0.15, 0.2) is 0 Å².